The second-order valence-electron chi connectivity index (χ2n) is 5.48. The summed E-state index contributed by atoms with van der Waals surface area (Å²) < 4.78 is 4.79. The van der Waals surface area contributed by atoms with Crippen LogP contribution in [0.2, 0.25) is 0 Å². The van der Waals surface area contributed by atoms with Crippen molar-refractivity contribution in [1.29, 1.82) is 0 Å². The predicted molar refractivity (Wildman–Crippen MR) is 71.6 cm³/mol. The highest BCUT2D eigenvalue weighted by atomic mass is 16.5. The lowest BCUT2D eigenvalue weighted by molar-refractivity contribution is -0.144. The first-order valence-electron chi connectivity index (χ1n) is 7.31. The van der Waals surface area contributed by atoms with Gasteiger partial charge in [-0.3, -0.25) is 9.59 Å². The van der Waals surface area contributed by atoms with Gasteiger partial charge in [-0.15, -0.1) is 0 Å². The van der Waals surface area contributed by atoms with Crippen LogP contribution in [0.3, 0.4) is 0 Å². The molecule has 0 bridgehead atoms. The van der Waals surface area contributed by atoms with E-state index in [9.17, 15) is 9.59 Å². The molecule has 0 radical (unpaired) electrons. The minimum Gasteiger partial charge on any atom is -0.468 e. The van der Waals surface area contributed by atoms with Crippen molar-refractivity contribution in [2.75, 3.05) is 26.7 Å². The van der Waals surface area contributed by atoms with E-state index in [2.05, 4.69) is 5.32 Å². The second-order valence-corrected chi connectivity index (χ2v) is 5.48. The van der Waals surface area contributed by atoms with E-state index >= 15 is 0 Å². The van der Waals surface area contributed by atoms with E-state index < -0.39 is 0 Å². The Balaban J connectivity index is 1.69. The summed E-state index contributed by atoms with van der Waals surface area (Å²) in [6.45, 7) is 2.34. The molecular formula is C14H24N2O3. The summed E-state index contributed by atoms with van der Waals surface area (Å²) >= 11 is 0. The molecule has 5 heteroatoms. The van der Waals surface area contributed by atoms with Crippen LogP contribution in [0.4, 0.5) is 0 Å². The highest BCUT2D eigenvalue weighted by Crippen LogP contribution is 2.33. The molecule has 5 nitrogen and oxygen atoms in total. The minimum absolute atomic E-state index is 0.201. The smallest absolute Gasteiger partial charge is 0.323 e. The molecule has 1 aliphatic heterocycles. The van der Waals surface area contributed by atoms with E-state index in [0.29, 0.717) is 18.9 Å². The SMILES string of the molecule is COC(=O)C(NCCC(=O)N1CCCCC1)C1CC1. The average Bonchev–Trinajstić information content (AvgIpc) is 3.28. The summed E-state index contributed by atoms with van der Waals surface area (Å²) in [6, 6.07) is -0.223. The van der Waals surface area contributed by atoms with Crippen LogP contribution in [-0.2, 0) is 14.3 Å². The van der Waals surface area contributed by atoms with Crippen LogP contribution < -0.4 is 5.32 Å². The fourth-order valence-electron chi connectivity index (χ4n) is 2.64. The number of esters is 1. The number of amides is 1. The van der Waals surface area contributed by atoms with Crippen molar-refractivity contribution in [1.82, 2.24) is 10.2 Å². The fourth-order valence-corrected chi connectivity index (χ4v) is 2.64. The third-order valence-electron chi connectivity index (χ3n) is 3.96. The molecule has 0 aromatic heterocycles. The van der Waals surface area contributed by atoms with E-state index in [4.69, 9.17) is 4.74 Å². The Kier molecular flexibility index (Phi) is 5.19. The first-order valence-corrected chi connectivity index (χ1v) is 7.31. The van der Waals surface area contributed by atoms with Gasteiger partial charge >= 0.3 is 5.97 Å². The summed E-state index contributed by atoms with van der Waals surface area (Å²) in [5.41, 5.74) is 0. The summed E-state index contributed by atoms with van der Waals surface area (Å²) in [4.78, 5) is 25.5. The first kappa shape index (κ1) is 14.3. The van der Waals surface area contributed by atoms with Crippen molar-refractivity contribution in [3.63, 3.8) is 0 Å². The van der Waals surface area contributed by atoms with Crippen molar-refractivity contribution >= 4 is 11.9 Å². The number of hydrogen-bond donors (Lipinski definition) is 1. The van der Waals surface area contributed by atoms with Crippen molar-refractivity contribution in [3.8, 4) is 0 Å². The van der Waals surface area contributed by atoms with Gasteiger partial charge in [0.1, 0.15) is 6.04 Å². The maximum absolute atomic E-state index is 12.0. The molecular weight excluding hydrogens is 244 g/mol. The van der Waals surface area contributed by atoms with Gasteiger partial charge in [0.05, 0.1) is 7.11 Å². The lowest BCUT2D eigenvalue weighted by Crippen LogP contribution is -2.42. The molecule has 1 atom stereocenters. The number of likely N-dealkylation sites (tertiary alicyclic amines) is 1. The van der Waals surface area contributed by atoms with Crippen molar-refractivity contribution in [2.45, 2.75) is 44.6 Å². The molecule has 1 aliphatic carbocycles. The van der Waals surface area contributed by atoms with Crippen molar-refractivity contribution in [3.05, 3.63) is 0 Å². The number of hydrogen-bond acceptors (Lipinski definition) is 4. The van der Waals surface area contributed by atoms with Crippen LogP contribution in [0.15, 0.2) is 0 Å². The molecule has 0 spiro atoms. The van der Waals surface area contributed by atoms with Crippen LogP contribution >= 0.6 is 0 Å². The first-order chi connectivity index (χ1) is 9.22. The Morgan fingerprint density at radius 3 is 2.53 bits per heavy atom. The highest BCUT2D eigenvalue weighted by Gasteiger charge is 2.36. The van der Waals surface area contributed by atoms with Crippen molar-refractivity contribution in [2.24, 2.45) is 5.92 Å². The monoisotopic (exact) mass is 268 g/mol. The molecule has 2 rings (SSSR count). The molecule has 1 N–H and O–H groups in total. The van der Waals surface area contributed by atoms with E-state index in [1.165, 1.54) is 13.5 Å². The average molecular weight is 268 g/mol. The number of carbonyl (C=O) groups is 2. The van der Waals surface area contributed by atoms with E-state index in [-0.39, 0.29) is 17.9 Å². The maximum atomic E-state index is 12.0. The van der Waals surface area contributed by atoms with Gasteiger partial charge in [0.15, 0.2) is 0 Å². The lowest BCUT2D eigenvalue weighted by Gasteiger charge is -2.27. The van der Waals surface area contributed by atoms with Crippen molar-refractivity contribution < 1.29 is 14.3 Å². The molecule has 108 valence electrons. The predicted octanol–water partition coefficient (Wildman–Crippen LogP) is 0.930. The Morgan fingerprint density at radius 1 is 1.26 bits per heavy atom. The summed E-state index contributed by atoms with van der Waals surface area (Å²) in [6.07, 6.45) is 6.09. The van der Waals surface area contributed by atoms with Gasteiger partial charge in [-0.2, -0.15) is 0 Å². The third-order valence-corrected chi connectivity index (χ3v) is 3.96. The molecule has 2 aliphatic rings. The largest absolute Gasteiger partial charge is 0.468 e. The molecule has 1 amide bonds. The van der Waals surface area contributed by atoms with E-state index in [1.54, 1.807) is 0 Å². The normalized spacial score (nSPS) is 21.0. The molecule has 19 heavy (non-hydrogen) atoms. The number of rotatable bonds is 6. The van der Waals surface area contributed by atoms with Gasteiger partial charge < -0.3 is 15.0 Å². The summed E-state index contributed by atoms with van der Waals surface area (Å²) in [7, 11) is 1.41. The van der Waals surface area contributed by atoms with Gasteiger partial charge in [0.25, 0.3) is 0 Å². The van der Waals surface area contributed by atoms with Crippen LogP contribution in [0.1, 0.15) is 38.5 Å². The maximum Gasteiger partial charge on any atom is 0.323 e. The topological polar surface area (TPSA) is 58.6 Å². The fraction of sp³-hybridized carbons (Fsp3) is 0.857. The summed E-state index contributed by atoms with van der Waals surface area (Å²) in [5, 5.41) is 3.18. The van der Waals surface area contributed by atoms with Crippen LogP contribution in [0.25, 0.3) is 0 Å². The second kappa shape index (κ2) is 6.89. The Hall–Kier alpha value is -1.10. The molecule has 0 aromatic rings. The number of ether oxygens (including phenoxy) is 1. The quantitative estimate of drug-likeness (QED) is 0.728. The van der Waals surface area contributed by atoms with Gasteiger partial charge in [0, 0.05) is 26.1 Å². The molecule has 1 saturated heterocycles. The molecule has 1 saturated carbocycles. The molecule has 1 heterocycles. The molecule has 2 fully saturated rings. The van der Waals surface area contributed by atoms with E-state index in [0.717, 1.165) is 38.8 Å². The zero-order valence-corrected chi connectivity index (χ0v) is 11.7. The number of nitrogens with one attached hydrogen (secondary N) is 1. The Morgan fingerprint density at radius 2 is 1.95 bits per heavy atom. The highest BCUT2D eigenvalue weighted by molar-refractivity contribution is 5.78. The van der Waals surface area contributed by atoms with Gasteiger partial charge in [-0.25, -0.2) is 0 Å². The Bertz CT molecular complexity index is 323. The van der Waals surface area contributed by atoms with E-state index in [1.807, 2.05) is 4.90 Å². The van der Waals surface area contributed by atoms with Gasteiger partial charge in [0.2, 0.25) is 5.91 Å². The number of nitrogens with zero attached hydrogens (tertiary/aromatic N) is 1. The molecule has 0 aromatic carbocycles. The molecule has 1 unspecified atom stereocenters. The van der Waals surface area contributed by atoms with Gasteiger partial charge in [-0.05, 0) is 38.0 Å². The zero-order chi connectivity index (χ0) is 13.7. The lowest BCUT2D eigenvalue weighted by atomic mass is 10.1. The van der Waals surface area contributed by atoms with Gasteiger partial charge in [-0.1, -0.05) is 0 Å². The summed E-state index contributed by atoms with van der Waals surface area (Å²) in [5.74, 6) is 0.400. The number of carbonyl (C=O) groups excluding carboxylic acids is 2. The third kappa shape index (κ3) is 4.20. The van der Waals surface area contributed by atoms with Crippen LogP contribution in [0.5, 0.6) is 0 Å². The van der Waals surface area contributed by atoms with Crippen LogP contribution in [0, 0.1) is 5.92 Å². The Labute approximate surface area is 114 Å². The number of piperidine rings is 1. The van der Waals surface area contributed by atoms with Crippen LogP contribution in [-0.4, -0.2) is 49.6 Å². The standard InChI is InChI=1S/C14H24N2O3/c1-19-14(18)13(11-5-6-11)15-8-7-12(17)16-9-3-2-4-10-16/h11,13,15H,2-10H2,1H3. The minimum atomic E-state index is -0.223. The number of methoxy groups -OCH3 is 1. The zero-order valence-electron chi connectivity index (χ0n) is 11.7.